The van der Waals surface area contributed by atoms with E-state index in [0.717, 1.165) is 44.7 Å². The van der Waals surface area contributed by atoms with Gasteiger partial charge in [0.15, 0.2) is 6.19 Å². The van der Waals surface area contributed by atoms with Crippen molar-refractivity contribution in [2.75, 3.05) is 24.5 Å². The molecule has 1 atom stereocenters. The van der Waals surface area contributed by atoms with Crippen molar-refractivity contribution >= 4 is 22.4 Å². The van der Waals surface area contributed by atoms with Gasteiger partial charge in [0.2, 0.25) is 11.0 Å². The molecule has 1 amide bonds. The van der Waals surface area contributed by atoms with Gasteiger partial charge in [0.05, 0.1) is 11.6 Å². The summed E-state index contributed by atoms with van der Waals surface area (Å²) in [5.74, 6) is -0.255. The fraction of sp³-hybridized carbons (Fsp3) is 0.421. The van der Waals surface area contributed by atoms with Crippen LogP contribution in [0.4, 0.5) is 5.13 Å². The number of nitriles is 1. The molecule has 6 nitrogen and oxygen atoms in total. The van der Waals surface area contributed by atoms with E-state index in [1.165, 1.54) is 26.7 Å². The van der Waals surface area contributed by atoms with Gasteiger partial charge >= 0.3 is 0 Å². The fourth-order valence-electron chi connectivity index (χ4n) is 3.54. The fourth-order valence-corrected chi connectivity index (χ4v) is 4.65. The first-order valence-corrected chi connectivity index (χ1v) is 9.75. The van der Waals surface area contributed by atoms with Crippen LogP contribution >= 0.6 is 11.3 Å². The van der Waals surface area contributed by atoms with Crippen LogP contribution in [0.15, 0.2) is 30.3 Å². The first kappa shape index (κ1) is 17.2. The van der Waals surface area contributed by atoms with Gasteiger partial charge in [-0.2, -0.15) is 10.2 Å². The Bertz CT molecular complexity index is 822. The molecule has 1 aromatic carbocycles. The van der Waals surface area contributed by atoms with Crippen LogP contribution in [0.2, 0.25) is 0 Å². The molecule has 2 aromatic rings. The Kier molecular flexibility index (Phi) is 4.98. The van der Waals surface area contributed by atoms with E-state index in [0.29, 0.717) is 11.7 Å². The Labute approximate surface area is 157 Å². The van der Waals surface area contributed by atoms with E-state index in [4.69, 9.17) is 0 Å². The van der Waals surface area contributed by atoms with Gasteiger partial charge in [0.25, 0.3) is 0 Å². The lowest BCUT2D eigenvalue weighted by Crippen LogP contribution is -2.33. The van der Waals surface area contributed by atoms with E-state index in [-0.39, 0.29) is 11.8 Å². The molecule has 0 unspecified atom stereocenters. The standard InChI is InChI=1S/C19H21N5OS/c20-13-24(18(25)15-6-8-21-10-15)19-22-16-7-9-23(12-17(16)26-19)11-14-4-2-1-3-5-14/h1-5,15,21H,6-12H2/t15-/m0/s1. The summed E-state index contributed by atoms with van der Waals surface area (Å²) >= 11 is 1.48. The summed E-state index contributed by atoms with van der Waals surface area (Å²) < 4.78 is 0. The zero-order valence-electron chi connectivity index (χ0n) is 14.5. The summed E-state index contributed by atoms with van der Waals surface area (Å²) in [6.07, 6.45) is 3.69. The van der Waals surface area contributed by atoms with E-state index < -0.39 is 0 Å². The van der Waals surface area contributed by atoms with Crippen molar-refractivity contribution in [2.24, 2.45) is 5.92 Å². The number of thiazole rings is 1. The first-order valence-electron chi connectivity index (χ1n) is 8.94. The molecule has 26 heavy (non-hydrogen) atoms. The minimum Gasteiger partial charge on any atom is -0.316 e. The number of hydrogen-bond donors (Lipinski definition) is 1. The number of nitrogens with one attached hydrogen (secondary N) is 1. The maximum absolute atomic E-state index is 12.6. The minimum atomic E-state index is -0.135. The number of amides is 1. The third-order valence-electron chi connectivity index (χ3n) is 4.97. The molecule has 0 saturated carbocycles. The number of anilines is 1. The zero-order chi connectivity index (χ0) is 17.9. The molecule has 1 aromatic heterocycles. The summed E-state index contributed by atoms with van der Waals surface area (Å²) in [5, 5.41) is 13.2. The number of aromatic nitrogens is 1. The highest BCUT2D eigenvalue weighted by molar-refractivity contribution is 7.16. The van der Waals surface area contributed by atoms with Gasteiger partial charge in [0, 0.05) is 37.5 Å². The van der Waals surface area contributed by atoms with Crippen LogP contribution < -0.4 is 10.2 Å². The molecule has 0 spiro atoms. The molecule has 0 radical (unpaired) electrons. The van der Waals surface area contributed by atoms with Crippen LogP contribution in [-0.4, -0.2) is 35.4 Å². The molecular weight excluding hydrogens is 346 g/mol. The van der Waals surface area contributed by atoms with Gasteiger partial charge in [-0.1, -0.05) is 41.7 Å². The van der Waals surface area contributed by atoms with E-state index in [9.17, 15) is 10.1 Å². The zero-order valence-corrected chi connectivity index (χ0v) is 15.3. The summed E-state index contributed by atoms with van der Waals surface area (Å²) in [4.78, 5) is 22.0. The highest BCUT2D eigenvalue weighted by atomic mass is 32.1. The van der Waals surface area contributed by atoms with Crippen molar-refractivity contribution in [3.63, 3.8) is 0 Å². The molecular formula is C19H21N5OS. The Morgan fingerprint density at radius 3 is 3.00 bits per heavy atom. The summed E-state index contributed by atoms with van der Waals surface area (Å²) in [7, 11) is 0. The van der Waals surface area contributed by atoms with Crippen molar-refractivity contribution in [3.8, 4) is 6.19 Å². The molecule has 7 heteroatoms. The molecule has 0 bridgehead atoms. The first-order chi connectivity index (χ1) is 12.7. The average molecular weight is 367 g/mol. The minimum absolute atomic E-state index is 0.120. The number of benzene rings is 1. The molecule has 3 heterocycles. The molecule has 1 N–H and O–H groups in total. The molecule has 1 saturated heterocycles. The molecule has 134 valence electrons. The van der Waals surface area contributed by atoms with Gasteiger partial charge in [-0.05, 0) is 18.5 Å². The smallest absolute Gasteiger partial charge is 0.246 e. The van der Waals surface area contributed by atoms with Gasteiger partial charge in [0.1, 0.15) is 0 Å². The van der Waals surface area contributed by atoms with Gasteiger partial charge < -0.3 is 5.32 Å². The normalized spacial score (nSPS) is 19.7. The molecule has 1 fully saturated rings. The van der Waals surface area contributed by atoms with Gasteiger partial charge in [-0.25, -0.2) is 4.98 Å². The summed E-state index contributed by atoms with van der Waals surface area (Å²) in [6.45, 7) is 4.14. The second-order valence-corrected chi connectivity index (χ2v) is 7.84. The largest absolute Gasteiger partial charge is 0.316 e. The Balaban J connectivity index is 1.48. The second kappa shape index (κ2) is 7.54. The van der Waals surface area contributed by atoms with E-state index in [2.05, 4.69) is 39.5 Å². The maximum atomic E-state index is 12.6. The van der Waals surface area contributed by atoms with E-state index >= 15 is 0 Å². The van der Waals surface area contributed by atoms with Crippen molar-refractivity contribution in [1.29, 1.82) is 5.26 Å². The van der Waals surface area contributed by atoms with Crippen LogP contribution in [0.1, 0.15) is 22.6 Å². The maximum Gasteiger partial charge on any atom is 0.246 e. The number of carbonyl (C=O) groups is 1. The lowest BCUT2D eigenvalue weighted by Gasteiger charge is -2.25. The number of carbonyl (C=O) groups excluding carboxylic acids is 1. The van der Waals surface area contributed by atoms with Crippen LogP contribution in [0, 0.1) is 17.4 Å². The molecule has 2 aliphatic heterocycles. The third kappa shape index (κ3) is 3.49. The van der Waals surface area contributed by atoms with E-state index in [1.54, 1.807) is 0 Å². The van der Waals surface area contributed by atoms with Crippen molar-refractivity contribution < 1.29 is 4.79 Å². The SMILES string of the molecule is N#CN(C(=O)[C@H]1CCNC1)c1nc2c(s1)CN(Cc1ccccc1)CC2. The Hall–Kier alpha value is -2.27. The number of rotatable bonds is 4. The predicted molar refractivity (Wildman–Crippen MR) is 100 cm³/mol. The topological polar surface area (TPSA) is 72.3 Å². The average Bonchev–Trinajstić information content (AvgIpc) is 3.32. The summed E-state index contributed by atoms with van der Waals surface area (Å²) in [6, 6.07) is 10.4. The number of fused-ring (bicyclic) bond motifs is 1. The van der Waals surface area contributed by atoms with Crippen molar-refractivity contribution in [1.82, 2.24) is 15.2 Å². The predicted octanol–water partition coefficient (Wildman–Crippen LogP) is 2.12. The van der Waals surface area contributed by atoms with Crippen LogP contribution in [0.3, 0.4) is 0 Å². The van der Waals surface area contributed by atoms with Crippen LogP contribution in [0.25, 0.3) is 0 Å². The quantitative estimate of drug-likeness (QED) is 0.662. The van der Waals surface area contributed by atoms with Crippen LogP contribution in [0.5, 0.6) is 0 Å². The van der Waals surface area contributed by atoms with E-state index in [1.807, 2.05) is 12.3 Å². The molecule has 4 rings (SSSR count). The third-order valence-corrected chi connectivity index (χ3v) is 6.04. The number of nitrogens with zero attached hydrogens (tertiary/aromatic N) is 4. The lowest BCUT2D eigenvalue weighted by atomic mass is 10.1. The van der Waals surface area contributed by atoms with Crippen molar-refractivity contribution in [3.05, 3.63) is 46.5 Å². The Morgan fingerprint density at radius 1 is 1.42 bits per heavy atom. The van der Waals surface area contributed by atoms with Crippen LogP contribution in [-0.2, 0) is 24.3 Å². The van der Waals surface area contributed by atoms with Crippen molar-refractivity contribution in [2.45, 2.75) is 25.9 Å². The highest BCUT2D eigenvalue weighted by Gasteiger charge is 2.31. The summed E-state index contributed by atoms with van der Waals surface area (Å²) in [5.41, 5.74) is 2.33. The lowest BCUT2D eigenvalue weighted by molar-refractivity contribution is -0.121. The van der Waals surface area contributed by atoms with Gasteiger partial charge in [-0.15, -0.1) is 0 Å². The Morgan fingerprint density at radius 2 is 2.27 bits per heavy atom. The molecule has 2 aliphatic rings. The second-order valence-electron chi connectivity index (χ2n) is 6.78. The number of hydrogen-bond acceptors (Lipinski definition) is 6. The monoisotopic (exact) mass is 367 g/mol. The highest BCUT2D eigenvalue weighted by Crippen LogP contribution is 2.32. The molecule has 0 aliphatic carbocycles. The van der Waals surface area contributed by atoms with Gasteiger partial charge in [-0.3, -0.25) is 9.69 Å².